The van der Waals surface area contributed by atoms with E-state index in [4.69, 9.17) is 0 Å². The number of rotatable bonds is 6. The van der Waals surface area contributed by atoms with Crippen LogP contribution in [0.3, 0.4) is 0 Å². The second kappa shape index (κ2) is 7.59. The molecule has 0 amide bonds. The second-order valence-electron chi connectivity index (χ2n) is 5.68. The van der Waals surface area contributed by atoms with Crippen LogP contribution in [0.15, 0.2) is 18.6 Å². The maximum absolute atomic E-state index is 4.50. The maximum atomic E-state index is 4.50. The lowest BCUT2D eigenvalue weighted by atomic mass is 9.73. The SMILES string of the molecule is CCCNC(c1ccncn1)C1CCCCC1CC. The van der Waals surface area contributed by atoms with Crippen molar-refractivity contribution in [1.82, 2.24) is 15.3 Å². The van der Waals surface area contributed by atoms with Gasteiger partial charge in [-0.2, -0.15) is 0 Å². The number of nitrogens with zero attached hydrogens (tertiary/aromatic N) is 2. The molecule has 1 aliphatic carbocycles. The van der Waals surface area contributed by atoms with Gasteiger partial charge in [0.2, 0.25) is 0 Å². The van der Waals surface area contributed by atoms with Gasteiger partial charge >= 0.3 is 0 Å². The average molecular weight is 261 g/mol. The summed E-state index contributed by atoms with van der Waals surface area (Å²) in [7, 11) is 0. The fourth-order valence-corrected chi connectivity index (χ4v) is 3.44. The van der Waals surface area contributed by atoms with Gasteiger partial charge in [0.15, 0.2) is 0 Å². The van der Waals surface area contributed by atoms with Crippen molar-refractivity contribution in [2.75, 3.05) is 6.54 Å². The molecule has 3 nitrogen and oxygen atoms in total. The molecule has 1 aromatic rings. The highest BCUT2D eigenvalue weighted by Crippen LogP contribution is 2.39. The van der Waals surface area contributed by atoms with E-state index in [0.29, 0.717) is 6.04 Å². The predicted molar refractivity (Wildman–Crippen MR) is 78.8 cm³/mol. The third kappa shape index (κ3) is 3.75. The molecular weight excluding hydrogens is 234 g/mol. The summed E-state index contributed by atoms with van der Waals surface area (Å²) in [6.45, 7) is 5.63. The van der Waals surface area contributed by atoms with E-state index in [-0.39, 0.29) is 0 Å². The number of nitrogens with one attached hydrogen (secondary N) is 1. The van der Waals surface area contributed by atoms with Crippen molar-refractivity contribution in [2.24, 2.45) is 11.8 Å². The van der Waals surface area contributed by atoms with E-state index >= 15 is 0 Å². The van der Waals surface area contributed by atoms with Crippen LogP contribution in [0.1, 0.15) is 64.1 Å². The summed E-state index contributed by atoms with van der Waals surface area (Å²) in [6, 6.07) is 2.49. The van der Waals surface area contributed by atoms with Gasteiger partial charge in [-0.25, -0.2) is 9.97 Å². The van der Waals surface area contributed by atoms with Crippen molar-refractivity contribution in [1.29, 1.82) is 0 Å². The minimum atomic E-state index is 0.410. The van der Waals surface area contributed by atoms with Crippen molar-refractivity contribution in [3.05, 3.63) is 24.3 Å². The molecule has 1 aliphatic rings. The zero-order valence-electron chi connectivity index (χ0n) is 12.3. The molecule has 19 heavy (non-hydrogen) atoms. The lowest BCUT2D eigenvalue weighted by molar-refractivity contribution is 0.173. The zero-order chi connectivity index (χ0) is 13.5. The largest absolute Gasteiger partial charge is 0.308 e. The third-order valence-electron chi connectivity index (χ3n) is 4.46. The Morgan fingerprint density at radius 3 is 2.84 bits per heavy atom. The Labute approximate surface area is 117 Å². The molecule has 0 aromatic carbocycles. The Morgan fingerprint density at radius 1 is 1.32 bits per heavy atom. The normalized spacial score (nSPS) is 25.2. The van der Waals surface area contributed by atoms with Crippen molar-refractivity contribution >= 4 is 0 Å². The highest BCUT2D eigenvalue weighted by molar-refractivity contribution is 5.07. The quantitative estimate of drug-likeness (QED) is 0.848. The van der Waals surface area contributed by atoms with E-state index in [1.807, 2.05) is 6.20 Å². The summed E-state index contributed by atoms with van der Waals surface area (Å²) in [6.07, 6.45) is 11.5. The molecule has 1 N–H and O–H groups in total. The Balaban J connectivity index is 2.16. The molecule has 3 unspecified atom stereocenters. The molecule has 1 aromatic heterocycles. The summed E-state index contributed by atoms with van der Waals surface area (Å²) < 4.78 is 0. The summed E-state index contributed by atoms with van der Waals surface area (Å²) in [5.74, 6) is 1.58. The van der Waals surface area contributed by atoms with E-state index in [9.17, 15) is 0 Å². The summed E-state index contributed by atoms with van der Waals surface area (Å²) >= 11 is 0. The van der Waals surface area contributed by atoms with Crippen molar-refractivity contribution in [2.45, 2.75) is 58.4 Å². The van der Waals surface area contributed by atoms with Gasteiger partial charge in [-0.1, -0.05) is 39.5 Å². The van der Waals surface area contributed by atoms with Crippen LogP contribution >= 0.6 is 0 Å². The second-order valence-corrected chi connectivity index (χ2v) is 5.68. The summed E-state index contributed by atoms with van der Waals surface area (Å²) in [5.41, 5.74) is 1.17. The first-order chi connectivity index (χ1) is 9.36. The van der Waals surface area contributed by atoms with Gasteiger partial charge in [-0.3, -0.25) is 0 Å². The molecule has 2 rings (SSSR count). The molecule has 0 radical (unpaired) electrons. The molecule has 1 fully saturated rings. The van der Waals surface area contributed by atoms with Gasteiger partial charge in [0.1, 0.15) is 6.33 Å². The third-order valence-corrected chi connectivity index (χ3v) is 4.46. The molecule has 106 valence electrons. The molecule has 3 heteroatoms. The molecule has 3 atom stereocenters. The fraction of sp³-hybridized carbons (Fsp3) is 0.750. The molecule has 0 spiro atoms. The fourth-order valence-electron chi connectivity index (χ4n) is 3.44. The van der Waals surface area contributed by atoms with Crippen LogP contribution in [0.2, 0.25) is 0 Å². The molecule has 1 heterocycles. The van der Waals surface area contributed by atoms with Crippen LogP contribution in [-0.4, -0.2) is 16.5 Å². The van der Waals surface area contributed by atoms with E-state index in [0.717, 1.165) is 18.4 Å². The molecule has 1 saturated carbocycles. The summed E-state index contributed by atoms with van der Waals surface area (Å²) in [5, 5.41) is 3.73. The highest BCUT2D eigenvalue weighted by atomic mass is 15.0. The van der Waals surface area contributed by atoms with Gasteiger partial charge in [0.05, 0.1) is 11.7 Å². The number of hydrogen-bond acceptors (Lipinski definition) is 3. The van der Waals surface area contributed by atoms with Crippen molar-refractivity contribution < 1.29 is 0 Å². The Bertz CT molecular complexity index is 352. The number of hydrogen-bond donors (Lipinski definition) is 1. The first kappa shape index (κ1) is 14.4. The Hall–Kier alpha value is -0.960. The number of aromatic nitrogens is 2. The highest BCUT2D eigenvalue weighted by Gasteiger charge is 2.31. The van der Waals surface area contributed by atoms with Gasteiger partial charge in [0, 0.05) is 6.20 Å². The van der Waals surface area contributed by atoms with Crippen molar-refractivity contribution in [3.63, 3.8) is 0 Å². The van der Waals surface area contributed by atoms with E-state index in [1.165, 1.54) is 44.2 Å². The van der Waals surface area contributed by atoms with Crippen LogP contribution in [0, 0.1) is 11.8 Å². The molecule has 0 saturated heterocycles. The van der Waals surface area contributed by atoms with Crippen LogP contribution < -0.4 is 5.32 Å². The zero-order valence-corrected chi connectivity index (χ0v) is 12.3. The van der Waals surface area contributed by atoms with Crippen molar-refractivity contribution in [3.8, 4) is 0 Å². The minimum Gasteiger partial charge on any atom is -0.308 e. The first-order valence-electron chi connectivity index (χ1n) is 7.86. The molecule has 0 aliphatic heterocycles. The van der Waals surface area contributed by atoms with Crippen LogP contribution in [0.5, 0.6) is 0 Å². The summed E-state index contributed by atoms with van der Waals surface area (Å²) in [4.78, 5) is 8.56. The molecular formula is C16H27N3. The minimum absolute atomic E-state index is 0.410. The van der Waals surface area contributed by atoms with Gasteiger partial charge in [-0.05, 0) is 37.3 Å². The van der Waals surface area contributed by atoms with Gasteiger partial charge < -0.3 is 5.32 Å². The standard InChI is InChI=1S/C16H27N3/c1-3-10-18-16(15-9-11-17-12-19-15)14-8-6-5-7-13(14)4-2/h9,11-14,16,18H,3-8,10H2,1-2H3. The Morgan fingerprint density at radius 2 is 2.16 bits per heavy atom. The molecule has 0 bridgehead atoms. The lowest BCUT2D eigenvalue weighted by Gasteiger charge is -2.37. The van der Waals surface area contributed by atoms with E-state index < -0.39 is 0 Å². The maximum Gasteiger partial charge on any atom is 0.115 e. The van der Waals surface area contributed by atoms with Crippen LogP contribution in [0.25, 0.3) is 0 Å². The van der Waals surface area contributed by atoms with Crippen LogP contribution in [-0.2, 0) is 0 Å². The van der Waals surface area contributed by atoms with Gasteiger partial charge in [-0.15, -0.1) is 0 Å². The van der Waals surface area contributed by atoms with E-state index in [2.05, 4.69) is 35.2 Å². The van der Waals surface area contributed by atoms with Crippen LogP contribution in [0.4, 0.5) is 0 Å². The van der Waals surface area contributed by atoms with Gasteiger partial charge in [0.25, 0.3) is 0 Å². The first-order valence-corrected chi connectivity index (χ1v) is 7.86. The lowest BCUT2D eigenvalue weighted by Crippen LogP contribution is -2.35. The monoisotopic (exact) mass is 261 g/mol. The van der Waals surface area contributed by atoms with E-state index in [1.54, 1.807) is 6.33 Å². The predicted octanol–water partition coefficient (Wildman–Crippen LogP) is 3.73. The topological polar surface area (TPSA) is 37.8 Å². The average Bonchev–Trinajstić information content (AvgIpc) is 2.49. The smallest absolute Gasteiger partial charge is 0.115 e. The Kier molecular flexibility index (Phi) is 5.77.